The summed E-state index contributed by atoms with van der Waals surface area (Å²) in [5.41, 5.74) is 0.578. The van der Waals surface area contributed by atoms with Crippen molar-refractivity contribution in [2.75, 3.05) is 32.8 Å². The van der Waals surface area contributed by atoms with Crippen molar-refractivity contribution in [2.24, 2.45) is 11.3 Å². The zero-order valence-electron chi connectivity index (χ0n) is 19.9. The third kappa shape index (κ3) is 5.74. The lowest BCUT2D eigenvalue weighted by atomic mass is 9.77. The van der Waals surface area contributed by atoms with Crippen LogP contribution in [0.2, 0.25) is 0 Å². The Balaban J connectivity index is 1.34. The number of rotatable bonds is 6. The maximum atomic E-state index is 13.1. The van der Waals surface area contributed by atoms with Gasteiger partial charge in [0.1, 0.15) is 5.75 Å². The fourth-order valence-electron chi connectivity index (χ4n) is 4.99. The molecular formula is C27H33F3N2O2. The molecule has 0 radical (unpaired) electrons. The minimum absolute atomic E-state index is 0.0570. The zero-order chi connectivity index (χ0) is 24.3. The summed E-state index contributed by atoms with van der Waals surface area (Å²) in [5, 5.41) is 0. The van der Waals surface area contributed by atoms with Gasteiger partial charge in [-0.1, -0.05) is 38.1 Å². The Hall–Kier alpha value is -2.54. The molecule has 34 heavy (non-hydrogen) atoms. The van der Waals surface area contributed by atoms with Gasteiger partial charge in [-0.15, -0.1) is 0 Å². The van der Waals surface area contributed by atoms with E-state index < -0.39 is 11.7 Å². The van der Waals surface area contributed by atoms with Crippen molar-refractivity contribution in [3.63, 3.8) is 0 Å². The molecule has 184 valence electrons. The SMILES string of the molecule is CC(C)COc1ccccc1CN1CCC2(CC1)CCN(C(=O)c1cccc(C(F)(F)F)c1)C2. The summed E-state index contributed by atoms with van der Waals surface area (Å²) in [6.45, 7) is 8.87. The van der Waals surface area contributed by atoms with Crippen LogP contribution in [0.5, 0.6) is 5.75 Å². The zero-order valence-corrected chi connectivity index (χ0v) is 19.9. The highest BCUT2D eigenvalue weighted by atomic mass is 19.4. The van der Waals surface area contributed by atoms with Gasteiger partial charge in [-0.25, -0.2) is 0 Å². The summed E-state index contributed by atoms with van der Waals surface area (Å²) >= 11 is 0. The number of hydrogen-bond donors (Lipinski definition) is 0. The summed E-state index contributed by atoms with van der Waals surface area (Å²) in [6.07, 6.45) is -1.59. The Morgan fingerprint density at radius 3 is 2.44 bits per heavy atom. The van der Waals surface area contributed by atoms with Crippen LogP contribution in [0.3, 0.4) is 0 Å². The van der Waals surface area contributed by atoms with Crippen LogP contribution in [0.15, 0.2) is 48.5 Å². The first-order valence-electron chi connectivity index (χ1n) is 12.0. The second kappa shape index (κ2) is 9.98. The quantitative estimate of drug-likeness (QED) is 0.525. The van der Waals surface area contributed by atoms with E-state index in [0.29, 0.717) is 25.6 Å². The summed E-state index contributed by atoms with van der Waals surface area (Å²) in [6, 6.07) is 12.9. The van der Waals surface area contributed by atoms with Crippen LogP contribution in [0, 0.1) is 11.3 Å². The molecule has 2 aromatic rings. The number of benzene rings is 2. The molecule has 0 unspecified atom stereocenters. The number of amides is 1. The summed E-state index contributed by atoms with van der Waals surface area (Å²) < 4.78 is 45.2. The first kappa shape index (κ1) is 24.6. The van der Waals surface area contributed by atoms with Crippen molar-refractivity contribution >= 4 is 5.91 Å². The highest BCUT2D eigenvalue weighted by Crippen LogP contribution is 2.41. The Bertz CT molecular complexity index is 997. The highest BCUT2D eigenvalue weighted by Gasteiger charge is 2.42. The van der Waals surface area contributed by atoms with Gasteiger partial charge >= 0.3 is 6.18 Å². The Labute approximate surface area is 199 Å². The molecule has 2 aromatic carbocycles. The fraction of sp³-hybridized carbons (Fsp3) is 0.519. The van der Waals surface area contributed by atoms with Crippen LogP contribution in [0.4, 0.5) is 13.2 Å². The van der Waals surface area contributed by atoms with Gasteiger partial charge in [0.2, 0.25) is 0 Å². The van der Waals surface area contributed by atoms with E-state index in [1.165, 1.54) is 17.7 Å². The van der Waals surface area contributed by atoms with Crippen molar-refractivity contribution in [2.45, 2.75) is 45.8 Å². The largest absolute Gasteiger partial charge is 0.493 e. The van der Waals surface area contributed by atoms with Gasteiger partial charge in [-0.05, 0) is 68.0 Å². The van der Waals surface area contributed by atoms with Crippen molar-refractivity contribution in [3.8, 4) is 5.75 Å². The third-order valence-corrected chi connectivity index (χ3v) is 7.02. The molecule has 1 spiro atoms. The van der Waals surface area contributed by atoms with Crippen LogP contribution in [0.25, 0.3) is 0 Å². The molecule has 0 N–H and O–H groups in total. The van der Waals surface area contributed by atoms with E-state index in [1.54, 1.807) is 4.90 Å². The normalized spacial score (nSPS) is 18.6. The first-order valence-corrected chi connectivity index (χ1v) is 12.0. The number of hydrogen-bond acceptors (Lipinski definition) is 3. The number of alkyl halides is 3. The minimum atomic E-state index is -4.45. The lowest BCUT2D eigenvalue weighted by molar-refractivity contribution is -0.137. The lowest BCUT2D eigenvalue weighted by Crippen LogP contribution is -2.42. The molecule has 0 atom stereocenters. The molecular weight excluding hydrogens is 441 g/mol. The fourth-order valence-corrected chi connectivity index (χ4v) is 4.99. The molecule has 0 aromatic heterocycles. The second-order valence-corrected chi connectivity index (χ2v) is 10.1. The number of carbonyl (C=O) groups excluding carboxylic acids is 1. The van der Waals surface area contributed by atoms with Crippen molar-refractivity contribution < 1.29 is 22.7 Å². The molecule has 0 aliphatic carbocycles. The van der Waals surface area contributed by atoms with Crippen LogP contribution < -0.4 is 4.74 Å². The van der Waals surface area contributed by atoms with Gasteiger partial charge in [0, 0.05) is 30.8 Å². The number of piperidine rings is 1. The highest BCUT2D eigenvalue weighted by molar-refractivity contribution is 5.94. The second-order valence-electron chi connectivity index (χ2n) is 10.1. The van der Waals surface area contributed by atoms with Crippen LogP contribution in [0.1, 0.15) is 54.6 Å². The maximum Gasteiger partial charge on any atom is 0.416 e. The summed E-state index contributed by atoms with van der Waals surface area (Å²) in [4.78, 5) is 17.1. The number of likely N-dealkylation sites (tertiary alicyclic amines) is 2. The Morgan fingerprint density at radius 1 is 1.03 bits per heavy atom. The number of para-hydroxylation sites is 1. The molecule has 7 heteroatoms. The first-order chi connectivity index (χ1) is 16.2. The van der Waals surface area contributed by atoms with Crippen molar-refractivity contribution in [3.05, 3.63) is 65.2 Å². The topological polar surface area (TPSA) is 32.8 Å². The van der Waals surface area contributed by atoms with Gasteiger partial charge in [0.15, 0.2) is 0 Å². The number of halogens is 3. The van der Waals surface area contributed by atoms with Crippen LogP contribution >= 0.6 is 0 Å². The van der Waals surface area contributed by atoms with Gasteiger partial charge in [0.25, 0.3) is 5.91 Å². The van der Waals surface area contributed by atoms with Crippen LogP contribution in [-0.2, 0) is 12.7 Å². The van der Waals surface area contributed by atoms with E-state index in [2.05, 4.69) is 24.8 Å². The number of nitrogens with zero attached hydrogens (tertiary/aromatic N) is 2. The molecule has 4 rings (SSSR count). The van der Waals surface area contributed by atoms with Gasteiger partial charge in [-0.2, -0.15) is 13.2 Å². The predicted molar refractivity (Wildman–Crippen MR) is 126 cm³/mol. The van der Waals surface area contributed by atoms with Gasteiger partial charge in [-0.3, -0.25) is 9.69 Å². The van der Waals surface area contributed by atoms with Gasteiger partial charge in [0.05, 0.1) is 12.2 Å². The average molecular weight is 475 g/mol. The summed E-state index contributed by atoms with van der Waals surface area (Å²) in [7, 11) is 0. The average Bonchev–Trinajstić information content (AvgIpc) is 3.23. The molecule has 2 saturated heterocycles. The number of carbonyl (C=O) groups is 1. The van der Waals surface area contributed by atoms with E-state index in [4.69, 9.17) is 4.74 Å². The van der Waals surface area contributed by atoms with E-state index >= 15 is 0 Å². The molecule has 0 bridgehead atoms. The Kier molecular flexibility index (Phi) is 7.22. The molecule has 0 saturated carbocycles. The van der Waals surface area contributed by atoms with E-state index in [9.17, 15) is 18.0 Å². The predicted octanol–water partition coefficient (Wildman–Crippen LogP) is 5.87. The molecule has 4 nitrogen and oxygen atoms in total. The van der Waals surface area contributed by atoms with Crippen molar-refractivity contribution in [1.29, 1.82) is 0 Å². The maximum absolute atomic E-state index is 13.1. The van der Waals surface area contributed by atoms with Crippen molar-refractivity contribution in [1.82, 2.24) is 9.80 Å². The molecule has 1 amide bonds. The van der Waals surface area contributed by atoms with E-state index in [1.807, 2.05) is 18.2 Å². The smallest absolute Gasteiger partial charge is 0.416 e. The lowest BCUT2D eigenvalue weighted by Gasteiger charge is -2.39. The molecule has 2 aliphatic heterocycles. The molecule has 2 aliphatic rings. The monoisotopic (exact) mass is 474 g/mol. The number of ether oxygens (including phenoxy) is 1. The van der Waals surface area contributed by atoms with E-state index in [0.717, 1.165) is 56.8 Å². The van der Waals surface area contributed by atoms with E-state index in [-0.39, 0.29) is 16.9 Å². The molecule has 2 heterocycles. The summed E-state index contributed by atoms with van der Waals surface area (Å²) in [5.74, 6) is 1.10. The third-order valence-electron chi connectivity index (χ3n) is 7.02. The van der Waals surface area contributed by atoms with Crippen LogP contribution in [-0.4, -0.2) is 48.5 Å². The standard InChI is InChI=1S/C27H33F3N2O2/c1-20(2)18-34-24-9-4-3-6-22(24)17-31-13-10-26(11-14-31)12-15-32(19-26)25(33)21-7-5-8-23(16-21)27(28,29)30/h3-9,16,20H,10-15,17-19H2,1-2H3. The van der Waals surface area contributed by atoms with Gasteiger partial charge < -0.3 is 9.64 Å². The molecule has 2 fully saturated rings. The Morgan fingerprint density at radius 2 is 1.74 bits per heavy atom. The minimum Gasteiger partial charge on any atom is -0.493 e.